The van der Waals surface area contributed by atoms with Gasteiger partial charge in [0.1, 0.15) is 5.75 Å². The summed E-state index contributed by atoms with van der Waals surface area (Å²) in [6.07, 6.45) is 0.574. The van der Waals surface area contributed by atoms with Crippen molar-refractivity contribution in [2.45, 2.75) is 59.2 Å². The van der Waals surface area contributed by atoms with E-state index in [1.807, 2.05) is 45.0 Å². The number of carbonyl (C=O) groups excluding carboxylic acids is 1. The minimum absolute atomic E-state index is 0.0983. The molecule has 0 aliphatic heterocycles. The van der Waals surface area contributed by atoms with Crippen molar-refractivity contribution < 1.29 is 9.53 Å². The van der Waals surface area contributed by atoms with Crippen molar-refractivity contribution in [2.24, 2.45) is 0 Å². The van der Waals surface area contributed by atoms with Gasteiger partial charge in [-0.25, -0.2) is 0 Å². The monoisotopic (exact) mass is 292 g/mol. The third-order valence-electron chi connectivity index (χ3n) is 2.89. The number of ether oxygens (including phenoxy) is 1. The third-order valence-corrected chi connectivity index (χ3v) is 2.89. The first kappa shape index (κ1) is 17.5. The zero-order valence-electron chi connectivity index (χ0n) is 13.8. The van der Waals surface area contributed by atoms with E-state index in [-0.39, 0.29) is 11.4 Å². The fourth-order valence-electron chi connectivity index (χ4n) is 1.88. The van der Waals surface area contributed by atoms with Crippen LogP contribution in [0.15, 0.2) is 24.3 Å². The molecular formula is C17H28N2O2. The van der Waals surface area contributed by atoms with Gasteiger partial charge in [-0.2, -0.15) is 0 Å². The van der Waals surface area contributed by atoms with Gasteiger partial charge < -0.3 is 15.4 Å². The van der Waals surface area contributed by atoms with E-state index >= 15 is 0 Å². The van der Waals surface area contributed by atoms with Gasteiger partial charge in [-0.3, -0.25) is 4.79 Å². The Labute approximate surface area is 128 Å². The molecule has 0 aliphatic rings. The number of rotatable bonds is 7. The molecule has 2 N–H and O–H groups in total. The van der Waals surface area contributed by atoms with Crippen molar-refractivity contribution in [1.82, 2.24) is 10.6 Å². The Bertz CT molecular complexity index is 452. The van der Waals surface area contributed by atoms with Crippen molar-refractivity contribution in [3.8, 4) is 5.75 Å². The Morgan fingerprint density at radius 2 is 1.95 bits per heavy atom. The summed E-state index contributed by atoms with van der Waals surface area (Å²) in [4.78, 5) is 12.1. The quantitative estimate of drug-likeness (QED) is 0.760. The van der Waals surface area contributed by atoms with E-state index in [0.717, 1.165) is 30.8 Å². The molecule has 0 aliphatic carbocycles. The van der Waals surface area contributed by atoms with Crippen molar-refractivity contribution in [1.29, 1.82) is 0 Å². The molecule has 21 heavy (non-hydrogen) atoms. The molecule has 0 heterocycles. The highest BCUT2D eigenvalue weighted by atomic mass is 16.5. The lowest BCUT2D eigenvalue weighted by atomic mass is 10.1. The Morgan fingerprint density at radius 3 is 2.57 bits per heavy atom. The molecule has 0 radical (unpaired) electrons. The minimum Gasteiger partial charge on any atom is -0.481 e. The van der Waals surface area contributed by atoms with Crippen LogP contribution in [-0.2, 0) is 11.3 Å². The van der Waals surface area contributed by atoms with Gasteiger partial charge in [-0.15, -0.1) is 0 Å². The Morgan fingerprint density at radius 1 is 1.29 bits per heavy atom. The summed E-state index contributed by atoms with van der Waals surface area (Å²) in [5.74, 6) is 0.663. The van der Waals surface area contributed by atoms with E-state index in [0.29, 0.717) is 0 Å². The predicted molar refractivity (Wildman–Crippen MR) is 86.4 cm³/mol. The SMILES string of the molecule is CCCNCc1ccccc1OC(C)C(=O)NC(C)(C)C. The lowest BCUT2D eigenvalue weighted by Gasteiger charge is -2.24. The van der Waals surface area contributed by atoms with Crippen LogP contribution in [0.3, 0.4) is 0 Å². The van der Waals surface area contributed by atoms with Crippen LogP contribution < -0.4 is 15.4 Å². The molecule has 1 atom stereocenters. The first-order valence-corrected chi connectivity index (χ1v) is 7.61. The second-order valence-electron chi connectivity index (χ2n) is 6.28. The highest BCUT2D eigenvalue weighted by Gasteiger charge is 2.21. The molecule has 1 rings (SSSR count). The van der Waals surface area contributed by atoms with Gasteiger partial charge >= 0.3 is 0 Å². The van der Waals surface area contributed by atoms with Gasteiger partial charge in [0.05, 0.1) is 0 Å². The summed E-state index contributed by atoms with van der Waals surface area (Å²) in [5.41, 5.74) is 0.818. The number of hydrogen-bond acceptors (Lipinski definition) is 3. The lowest BCUT2D eigenvalue weighted by Crippen LogP contribution is -2.46. The Balaban J connectivity index is 2.67. The highest BCUT2D eigenvalue weighted by molar-refractivity contribution is 5.81. The Kier molecular flexibility index (Phi) is 6.69. The molecule has 4 nitrogen and oxygen atoms in total. The molecule has 0 saturated heterocycles. The first-order chi connectivity index (χ1) is 9.83. The normalized spacial score (nSPS) is 12.8. The van der Waals surface area contributed by atoms with Crippen molar-refractivity contribution in [3.05, 3.63) is 29.8 Å². The summed E-state index contributed by atoms with van der Waals surface area (Å²) in [6.45, 7) is 11.5. The number of hydrogen-bond donors (Lipinski definition) is 2. The van der Waals surface area contributed by atoms with E-state index in [2.05, 4.69) is 17.6 Å². The van der Waals surface area contributed by atoms with Gasteiger partial charge in [0.25, 0.3) is 5.91 Å². The maximum atomic E-state index is 12.1. The second-order valence-corrected chi connectivity index (χ2v) is 6.28. The fraction of sp³-hybridized carbons (Fsp3) is 0.588. The van der Waals surface area contributed by atoms with Crippen molar-refractivity contribution >= 4 is 5.91 Å². The molecule has 0 bridgehead atoms. The molecule has 0 fully saturated rings. The fourth-order valence-corrected chi connectivity index (χ4v) is 1.88. The van der Waals surface area contributed by atoms with Crippen LogP contribution in [0.1, 0.15) is 46.6 Å². The average molecular weight is 292 g/mol. The average Bonchev–Trinajstić information content (AvgIpc) is 2.39. The van der Waals surface area contributed by atoms with E-state index < -0.39 is 6.10 Å². The molecule has 1 unspecified atom stereocenters. The number of benzene rings is 1. The number of carbonyl (C=O) groups is 1. The van der Waals surface area contributed by atoms with Gasteiger partial charge in [0.2, 0.25) is 0 Å². The molecular weight excluding hydrogens is 264 g/mol. The standard InChI is InChI=1S/C17H28N2O2/c1-6-11-18-12-14-9-7-8-10-15(14)21-13(2)16(20)19-17(3,4)5/h7-10,13,18H,6,11-12H2,1-5H3,(H,19,20). The molecule has 1 aromatic rings. The largest absolute Gasteiger partial charge is 0.481 e. The molecule has 0 saturated carbocycles. The highest BCUT2D eigenvalue weighted by Crippen LogP contribution is 2.19. The second kappa shape index (κ2) is 8.03. The van der Waals surface area contributed by atoms with Gasteiger partial charge in [-0.05, 0) is 46.7 Å². The molecule has 1 aromatic carbocycles. The van der Waals surface area contributed by atoms with Crippen LogP contribution >= 0.6 is 0 Å². The summed E-state index contributed by atoms with van der Waals surface area (Å²) < 4.78 is 5.83. The van der Waals surface area contributed by atoms with Crippen LogP contribution in [0.25, 0.3) is 0 Å². The van der Waals surface area contributed by atoms with E-state index in [4.69, 9.17) is 4.74 Å². The van der Waals surface area contributed by atoms with Crippen LogP contribution in [0.5, 0.6) is 5.75 Å². The van der Waals surface area contributed by atoms with Crippen LogP contribution in [0, 0.1) is 0 Å². The van der Waals surface area contributed by atoms with Crippen molar-refractivity contribution in [2.75, 3.05) is 6.54 Å². The van der Waals surface area contributed by atoms with E-state index in [9.17, 15) is 4.79 Å². The van der Waals surface area contributed by atoms with Crippen LogP contribution in [0.4, 0.5) is 0 Å². The van der Waals surface area contributed by atoms with Crippen LogP contribution in [0.2, 0.25) is 0 Å². The number of nitrogens with one attached hydrogen (secondary N) is 2. The van der Waals surface area contributed by atoms with Gasteiger partial charge in [-0.1, -0.05) is 25.1 Å². The molecule has 4 heteroatoms. The molecule has 1 amide bonds. The third kappa shape index (κ3) is 6.63. The topological polar surface area (TPSA) is 50.4 Å². The maximum absolute atomic E-state index is 12.1. The van der Waals surface area contributed by atoms with Crippen LogP contribution in [-0.4, -0.2) is 24.1 Å². The van der Waals surface area contributed by atoms with Crippen molar-refractivity contribution in [3.63, 3.8) is 0 Å². The van der Waals surface area contributed by atoms with Gasteiger partial charge in [0, 0.05) is 17.6 Å². The minimum atomic E-state index is -0.517. The summed E-state index contributed by atoms with van der Waals surface area (Å²) in [6, 6.07) is 7.83. The van der Waals surface area contributed by atoms with E-state index in [1.165, 1.54) is 0 Å². The summed E-state index contributed by atoms with van der Waals surface area (Å²) in [7, 11) is 0. The molecule has 0 aromatic heterocycles. The first-order valence-electron chi connectivity index (χ1n) is 7.61. The predicted octanol–water partition coefficient (Wildman–Crippen LogP) is 2.87. The Hall–Kier alpha value is -1.55. The lowest BCUT2D eigenvalue weighted by molar-refractivity contribution is -0.128. The summed E-state index contributed by atoms with van der Waals surface area (Å²) >= 11 is 0. The van der Waals surface area contributed by atoms with Gasteiger partial charge in [0.15, 0.2) is 6.10 Å². The summed E-state index contributed by atoms with van der Waals surface area (Å²) in [5, 5.41) is 6.28. The smallest absolute Gasteiger partial charge is 0.261 e. The molecule has 0 spiro atoms. The maximum Gasteiger partial charge on any atom is 0.261 e. The molecule has 118 valence electrons. The number of amides is 1. The number of para-hydroxylation sites is 1. The zero-order valence-corrected chi connectivity index (χ0v) is 13.8. The van der Waals surface area contributed by atoms with E-state index in [1.54, 1.807) is 6.92 Å². The zero-order chi connectivity index (χ0) is 15.9.